The van der Waals surface area contributed by atoms with Crippen LogP contribution in [-0.2, 0) is 30.8 Å². The van der Waals surface area contributed by atoms with Gasteiger partial charge in [0, 0.05) is 6.54 Å². The maximum absolute atomic E-state index is 13.9. The summed E-state index contributed by atoms with van der Waals surface area (Å²) in [6.07, 6.45) is 1.35. The zero-order valence-corrected chi connectivity index (χ0v) is 24.7. The highest BCUT2D eigenvalue weighted by Crippen LogP contribution is 2.33. The largest absolute Gasteiger partial charge is 0.493 e. The van der Waals surface area contributed by atoms with E-state index in [2.05, 4.69) is 0 Å². The lowest BCUT2D eigenvalue weighted by atomic mass is 10.00. The number of hydrogen-bond donors (Lipinski definition) is 1. The molecule has 0 saturated carbocycles. The number of carbonyl (C=O) groups is 2. The van der Waals surface area contributed by atoms with Gasteiger partial charge in [-0.25, -0.2) is 17.6 Å². The number of hydrogen-bond acceptors (Lipinski definition) is 8. The monoisotopic (exact) mass is 615 g/mol. The van der Waals surface area contributed by atoms with Crippen LogP contribution in [0.2, 0.25) is 0 Å². The van der Waals surface area contributed by atoms with Crippen LogP contribution in [0.3, 0.4) is 0 Å². The number of rotatable bonds is 13. The van der Waals surface area contributed by atoms with Crippen LogP contribution in [0.15, 0.2) is 71.6 Å². The Morgan fingerprint density at radius 3 is 2.49 bits per heavy atom. The molecule has 0 aliphatic carbocycles. The highest BCUT2D eigenvalue weighted by molar-refractivity contribution is 7.89. The Kier molecular flexibility index (Phi) is 10.6. The SMILES string of the molecule is COc1ccc(CC[C@@H](OC(=O)C2CCCCN2S(=O)(=O)c2cccc(F)c2)c2cccc(OCC(=O)O)c2)cc1OC. The normalized spacial score (nSPS) is 16.2. The first kappa shape index (κ1) is 31.8. The van der Waals surface area contributed by atoms with Crippen molar-refractivity contribution < 1.29 is 46.5 Å². The Bertz CT molecular complexity index is 1550. The molecule has 1 saturated heterocycles. The molecule has 1 aliphatic heterocycles. The molecule has 1 unspecified atom stereocenters. The lowest BCUT2D eigenvalue weighted by Gasteiger charge is -2.34. The minimum atomic E-state index is -4.18. The summed E-state index contributed by atoms with van der Waals surface area (Å²) in [5.41, 5.74) is 1.43. The van der Waals surface area contributed by atoms with Crippen LogP contribution in [0.5, 0.6) is 17.2 Å². The topological polar surface area (TPSA) is 129 Å². The molecule has 0 amide bonds. The molecule has 3 aromatic rings. The van der Waals surface area contributed by atoms with Gasteiger partial charge >= 0.3 is 11.9 Å². The van der Waals surface area contributed by atoms with Gasteiger partial charge in [-0.3, -0.25) is 4.79 Å². The van der Waals surface area contributed by atoms with E-state index in [4.69, 9.17) is 24.1 Å². The minimum Gasteiger partial charge on any atom is -0.493 e. The number of ether oxygens (including phenoxy) is 4. The third kappa shape index (κ3) is 8.02. The summed E-state index contributed by atoms with van der Waals surface area (Å²) in [6.45, 7) is -0.456. The molecular formula is C31H34FNO9S. The van der Waals surface area contributed by atoms with Crippen molar-refractivity contribution in [3.05, 3.63) is 83.7 Å². The minimum absolute atomic E-state index is 0.0907. The van der Waals surface area contributed by atoms with Gasteiger partial charge in [-0.2, -0.15) is 4.31 Å². The number of sulfonamides is 1. The lowest BCUT2D eigenvalue weighted by Crippen LogP contribution is -2.48. The zero-order valence-electron chi connectivity index (χ0n) is 23.9. The van der Waals surface area contributed by atoms with E-state index in [1.807, 2.05) is 12.1 Å². The fourth-order valence-corrected chi connectivity index (χ4v) is 6.67. The van der Waals surface area contributed by atoms with Gasteiger partial charge in [-0.05, 0) is 85.7 Å². The number of methoxy groups -OCH3 is 2. The molecule has 1 heterocycles. The fourth-order valence-electron chi connectivity index (χ4n) is 4.99. The number of carbonyl (C=O) groups excluding carboxylic acids is 1. The van der Waals surface area contributed by atoms with E-state index in [0.717, 1.165) is 22.0 Å². The molecule has 0 bridgehead atoms. The van der Waals surface area contributed by atoms with Crippen LogP contribution in [0.25, 0.3) is 0 Å². The smallest absolute Gasteiger partial charge is 0.341 e. The number of piperidine rings is 1. The summed E-state index contributed by atoms with van der Waals surface area (Å²) >= 11 is 0. The second kappa shape index (κ2) is 14.3. The Balaban J connectivity index is 1.61. The first-order valence-corrected chi connectivity index (χ1v) is 15.2. The molecule has 1 fully saturated rings. The van der Waals surface area contributed by atoms with Gasteiger partial charge in [-0.15, -0.1) is 0 Å². The molecule has 1 aliphatic rings. The van der Waals surface area contributed by atoms with Crippen LogP contribution >= 0.6 is 0 Å². The summed E-state index contributed by atoms with van der Waals surface area (Å²) in [4.78, 5) is 24.5. The maximum atomic E-state index is 13.9. The maximum Gasteiger partial charge on any atom is 0.341 e. The second-order valence-electron chi connectivity index (χ2n) is 9.99. The van der Waals surface area contributed by atoms with Crippen molar-refractivity contribution in [1.82, 2.24) is 4.31 Å². The van der Waals surface area contributed by atoms with Crippen LogP contribution < -0.4 is 14.2 Å². The molecule has 0 spiro atoms. The van der Waals surface area contributed by atoms with E-state index in [1.165, 1.54) is 26.4 Å². The quantitative estimate of drug-likeness (QED) is 0.271. The Labute approximate surface area is 250 Å². The molecule has 12 heteroatoms. The number of carboxylic acids is 1. The lowest BCUT2D eigenvalue weighted by molar-refractivity contribution is -0.155. The number of benzene rings is 3. The Hall–Kier alpha value is -4.16. The van der Waals surface area contributed by atoms with Gasteiger partial charge in [0.05, 0.1) is 19.1 Å². The van der Waals surface area contributed by atoms with Crippen molar-refractivity contribution in [2.24, 2.45) is 0 Å². The molecule has 230 valence electrons. The summed E-state index contributed by atoms with van der Waals surface area (Å²) in [7, 11) is -1.11. The van der Waals surface area contributed by atoms with Crippen LogP contribution in [0.4, 0.5) is 4.39 Å². The Morgan fingerprint density at radius 1 is 1.00 bits per heavy atom. The molecule has 0 radical (unpaired) electrons. The molecule has 2 atom stereocenters. The standard InChI is InChI=1S/C31H34FNO9S/c1-39-28-15-13-21(17-29(28)40-2)12-14-27(22-7-5-9-24(18-22)41-20-30(34)35)42-31(36)26-11-3-4-16-33(26)43(37,38)25-10-6-8-23(32)19-25/h5-10,13,15,17-19,26-27H,3-4,11-12,14,16,20H2,1-2H3,(H,34,35)/t26?,27-/m1/s1. The summed E-state index contributed by atoms with van der Waals surface area (Å²) in [6, 6.07) is 15.6. The first-order chi connectivity index (χ1) is 20.6. The molecule has 10 nitrogen and oxygen atoms in total. The van der Waals surface area contributed by atoms with E-state index >= 15 is 0 Å². The molecular weight excluding hydrogens is 581 g/mol. The van der Waals surface area contributed by atoms with Gasteiger partial charge in [0.2, 0.25) is 10.0 Å². The number of esters is 1. The molecule has 1 N–H and O–H groups in total. The van der Waals surface area contributed by atoms with Crippen molar-refractivity contribution in [1.29, 1.82) is 0 Å². The van der Waals surface area contributed by atoms with E-state index in [0.29, 0.717) is 42.7 Å². The van der Waals surface area contributed by atoms with Crippen molar-refractivity contribution >= 4 is 22.0 Å². The van der Waals surface area contributed by atoms with Crippen molar-refractivity contribution in [2.45, 2.75) is 49.1 Å². The van der Waals surface area contributed by atoms with E-state index in [1.54, 1.807) is 30.3 Å². The molecule has 0 aromatic heterocycles. The number of halogens is 1. The average Bonchev–Trinajstić information content (AvgIpc) is 3.01. The van der Waals surface area contributed by atoms with Gasteiger partial charge in [0.15, 0.2) is 18.1 Å². The summed E-state index contributed by atoms with van der Waals surface area (Å²) in [5, 5.41) is 9.01. The molecule has 43 heavy (non-hydrogen) atoms. The predicted molar refractivity (Wildman–Crippen MR) is 154 cm³/mol. The molecule has 3 aromatic carbocycles. The van der Waals surface area contributed by atoms with Crippen molar-refractivity contribution in [3.63, 3.8) is 0 Å². The predicted octanol–water partition coefficient (Wildman–Crippen LogP) is 4.77. The van der Waals surface area contributed by atoms with E-state index in [-0.39, 0.29) is 23.6 Å². The van der Waals surface area contributed by atoms with Gasteiger partial charge in [0.1, 0.15) is 23.7 Å². The second-order valence-corrected chi connectivity index (χ2v) is 11.9. The van der Waals surface area contributed by atoms with Gasteiger partial charge in [-0.1, -0.05) is 24.3 Å². The van der Waals surface area contributed by atoms with E-state index < -0.39 is 46.5 Å². The Morgan fingerprint density at radius 2 is 1.77 bits per heavy atom. The third-order valence-corrected chi connectivity index (χ3v) is 9.03. The third-order valence-electron chi connectivity index (χ3n) is 7.12. The fraction of sp³-hybridized carbons (Fsp3) is 0.355. The van der Waals surface area contributed by atoms with Crippen LogP contribution in [0.1, 0.15) is 42.9 Å². The highest BCUT2D eigenvalue weighted by atomic mass is 32.2. The zero-order chi connectivity index (χ0) is 31.0. The van der Waals surface area contributed by atoms with E-state index in [9.17, 15) is 22.4 Å². The van der Waals surface area contributed by atoms with Crippen molar-refractivity contribution in [2.75, 3.05) is 27.4 Å². The highest BCUT2D eigenvalue weighted by Gasteiger charge is 2.39. The average molecular weight is 616 g/mol. The summed E-state index contributed by atoms with van der Waals surface area (Å²) < 4.78 is 64.0. The summed E-state index contributed by atoms with van der Waals surface area (Å²) in [5.74, 6) is -1.18. The number of aliphatic carboxylic acids is 1. The number of nitrogens with zero attached hydrogens (tertiary/aromatic N) is 1. The first-order valence-electron chi connectivity index (χ1n) is 13.8. The van der Waals surface area contributed by atoms with Crippen LogP contribution in [0, 0.1) is 5.82 Å². The van der Waals surface area contributed by atoms with Gasteiger partial charge < -0.3 is 24.1 Å². The van der Waals surface area contributed by atoms with Crippen LogP contribution in [-0.4, -0.2) is 63.2 Å². The van der Waals surface area contributed by atoms with Gasteiger partial charge in [0.25, 0.3) is 0 Å². The molecule has 4 rings (SSSR count). The number of carboxylic acid groups (broad SMARTS) is 1. The van der Waals surface area contributed by atoms with Crippen molar-refractivity contribution in [3.8, 4) is 17.2 Å². The number of aryl methyl sites for hydroxylation is 1.